The Morgan fingerprint density at radius 2 is 1.25 bits per heavy atom. The number of aromatic nitrogens is 1. The molecule has 0 aliphatic heterocycles. The average Bonchev–Trinajstić information content (AvgIpc) is 3.06. The molecule has 2 heteroatoms. The third-order valence-electron chi connectivity index (χ3n) is 4.62. The predicted molar refractivity (Wildman–Crippen MR) is 97.9 cm³/mol. The van der Waals surface area contributed by atoms with Crippen molar-refractivity contribution in [3.05, 3.63) is 108 Å². The van der Waals surface area contributed by atoms with Crippen LogP contribution in [0.4, 0.5) is 0 Å². The summed E-state index contributed by atoms with van der Waals surface area (Å²) < 4.78 is 0. The summed E-state index contributed by atoms with van der Waals surface area (Å²) >= 11 is 0. The Balaban J connectivity index is 1.85. The SMILES string of the molecule is OC(Cc1c[nH]c2ccccc12)(c1ccccc1)c1ccccc1. The Labute approximate surface area is 141 Å². The molecule has 0 aliphatic rings. The first kappa shape index (κ1) is 14.7. The van der Waals surface area contributed by atoms with Gasteiger partial charge in [0.05, 0.1) is 0 Å². The van der Waals surface area contributed by atoms with E-state index in [1.54, 1.807) is 0 Å². The molecule has 3 aromatic carbocycles. The van der Waals surface area contributed by atoms with Gasteiger partial charge in [0.15, 0.2) is 0 Å². The first-order valence-electron chi connectivity index (χ1n) is 8.16. The zero-order valence-electron chi connectivity index (χ0n) is 13.3. The molecule has 0 unspecified atom stereocenters. The molecule has 0 spiro atoms. The highest BCUT2D eigenvalue weighted by molar-refractivity contribution is 5.83. The summed E-state index contributed by atoms with van der Waals surface area (Å²) in [5.41, 5.74) is 2.95. The van der Waals surface area contributed by atoms with Gasteiger partial charge < -0.3 is 10.1 Å². The zero-order chi connectivity index (χ0) is 16.4. The molecule has 1 heterocycles. The highest BCUT2D eigenvalue weighted by atomic mass is 16.3. The van der Waals surface area contributed by atoms with Crippen molar-refractivity contribution in [2.45, 2.75) is 12.0 Å². The van der Waals surface area contributed by atoms with Gasteiger partial charge in [-0.05, 0) is 22.8 Å². The lowest BCUT2D eigenvalue weighted by Gasteiger charge is -2.29. The van der Waals surface area contributed by atoms with Crippen molar-refractivity contribution < 1.29 is 5.11 Å². The monoisotopic (exact) mass is 313 g/mol. The van der Waals surface area contributed by atoms with E-state index < -0.39 is 5.60 Å². The molecule has 0 radical (unpaired) electrons. The maximum Gasteiger partial charge on any atom is 0.119 e. The van der Waals surface area contributed by atoms with Crippen LogP contribution in [-0.4, -0.2) is 10.1 Å². The minimum absolute atomic E-state index is 0.519. The molecule has 24 heavy (non-hydrogen) atoms. The zero-order valence-corrected chi connectivity index (χ0v) is 13.3. The number of aliphatic hydroxyl groups is 1. The summed E-state index contributed by atoms with van der Waals surface area (Å²) in [7, 11) is 0. The highest BCUT2D eigenvalue weighted by Gasteiger charge is 2.32. The second-order valence-corrected chi connectivity index (χ2v) is 6.13. The van der Waals surface area contributed by atoms with Gasteiger partial charge in [-0.3, -0.25) is 0 Å². The van der Waals surface area contributed by atoms with Crippen LogP contribution >= 0.6 is 0 Å². The van der Waals surface area contributed by atoms with E-state index in [4.69, 9.17) is 0 Å². The van der Waals surface area contributed by atoms with E-state index in [-0.39, 0.29) is 0 Å². The van der Waals surface area contributed by atoms with Crippen molar-refractivity contribution >= 4 is 10.9 Å². The molecule has 0 bridgehead atoms. The number of fused-ring (bicyclic) bond motifs is 1. The van der Waals surface area contributed by atoms with Crippen LogP contribution in [-0.2, 0) is 12.0 Å². The van der Waals surface area contributed by atoms with Gasteiger partial charge in [0, 0.05) is 23.5 Å². The first-order chi connectivity index (χ1) is 11.8. The minimum Gasteiger partial charge on any atom is -0.380 e. The fraction of sp³-hybridized carbons (Fsp3) is 0.0909. The molecule has 4 rings (SSSR count). The van der Waals surface area contributed by atoms with Crippen LogP contribution in [0.5, 0.6) is 0 Å². The maximum absolute atomic E-state index is 11.7. The number of nitrogens with one attached hydrogen (secondary N) is 1. The third kappa shape index (κ3) is 2.51. The second kappa shape index (κ2) is 5.99. The number of para-hydroxylation sites is 1. The second-order valence-electron chi connectivity index (χ2n) is 6.13. The molecule has 0 saturated heterocycles. The van der Waals surface area contributed by atoms with Crippen LogP contribution in [0.2, 0.25) is 0 Å². The van der Waals surface area contributed by atoms with Crippen LogP contribution in [0, 0.1) is 0 Å². The number of hydrogen-bond acceptors (Lipinski definition) is 1. The van der Waals surface area contributed by atoms with Gasteiger partial charge in [0.1, 0.15) is 5.60 Å². The van der Waals surface area contributed by atoms with Gasteiger partial charge in [0.2, 0.25) is 0 Å². The molecule has 0 amide bonds. The van der Waals surface area contributed by atoms with Gasteiger partial charge in [-0.1, -0.05) is 78.9 Å². The van der Waals surface area contributed by atoms with E-state index in [0.29, 0.717) is 6.42 Å². The van der Waals surface area contributed by atoms with Gasteiger partial charge >= 0.3 is 0 Å². The van der Waals surface area contributed by atoms with Crippen molar-refractivity contribution in [2.24, 2.45) is 0 Å². The summed E-state index contributed by atoms with van der Waals surface area (Å²) in [6.45, 7) is 0. The molecule has 0 saturated carbocycles. The lowest BCUT2D eigenvalue weighted by molar-refractivity contribution is 0.0815. The number of H-pyrrole nitrogens is 1. The minimum atomic E-state index is -1.06. The molecule has 0 fully saturated rings. The van der Waals surface area contributed by atoms with E-state index in [9.17, 15) is 5.11 Å². The van der Waals surface area contributed by atoms with E-state index >= 15 is 0 Å². The summed E-state index contributed by atoms with van der Waals surface area (Å²) in [6, 6.07) is 28.0. The van der Waals surface area contributed by atoms with Crippen LogP contribution in [0.3, 0.4) is 0 Å². The van der Waals surface area contributed by atoms with Gasteiger partial charge in [0.25, 0.3) is 0 Å². The molecule has 0 aliphatic carbocycles. The Bertz CT molecular complexity index is 902. The Morgan fingerprint density at radius 3 is 1.88 bits per heavy atom. The first-order valence-corrected chi connectivity index (χ1v) is 8.16. The van der Waals surface area contributed by atoms with Crippen molar-refractivity contribution in [2.75, 3.05) is 0 Å². The lowest BCUT2D eigenvalue weighted by atomic mass is 9.81. The summed E-state index contributed by atoms with van der Waals surface area (Å²) in [6.07, 6.45) is 2.52. The van der Waals surface area contributed by atoms with Gasteiger partial charge in [-0.25, -0.2) is 0 Å². The van der Waals surface area contributed by atoms with Crippen molar-refractivity contribution in [1.82, 2.24) is 4.98 Å². The molecular weight excluding hydrogens is 294 g/mol. The van der Waals surface area contributed by atoms with Crippen molar-refractivity contribution in [1.29, 1.82) is 0 Å². The molecule has 0 atom stereocenters. The number of aromatic amines is 1. The average molecular weight is 313 g/mol. The standard InChI is InChI=1S/C22H19NO/c24-22(18-9-3-1-4-10-18,19-11-5-2-6-12-19)15-17-16-23-21-14-8-7-13-20(17)21/h1-14,16,23-24H,15H2. The summed E-state index contributed by atoms with van der Waals surface area (Å²) in [5, 5.41) is 12.8. The van der Waals surface area contributed by atoms with E-state index in [1.807, 2.05) is 79.0 Å². The van der Waals surface area contributed by atoms with Crippen LogP contribution in [0.1, 0.15) is 16.7 Å². The normalized spacial score (nSPS) is 11.7. The lowest BCUT2D eigenvalue weighted by Crippen LogP contribution is -2.30. The van der Waals surface area contributed by atoms with Crippen LogP contribution in [0.25, 0.3) is 10.9 Å². The molecule has 2 nitrogen and oxygen atoms in total. The predicted octanol–water partition coefficient (Wildman–Crippen LogP) is 4.65. The third-order valence-corrected chi connectivity index (χ3v) is 4.62. The summed E-state index contributed by atoms with van der Waals surface area (Å²) in [4.78, 5) is 3.30. The highest BCUT2D eigenvalue weighted by Crippen LogP contribution is 2.35. The molecule has 1 aromatic heterocycles. The van der Waals surface area contributed by atoms with Crippen LogP contribution < -0.4 is 0 Å². The van der Waals surface area contributed by atoms with E-state index in [0.717, 1.165) is 27.6 Å². The topological polar surface area (TPSA) is 36.0 Å². The van der Waals surface area contributed by atoms with Crippen molar-refractivity contribution in [3.8, 4) is 0 Å². The number of hydrogen-bond donors (Lipinski definition) is 2. The quantitative estimate of drug-likeness (QED) is 0.565. The summed E-state index contributed by atoms with van der Waals surface area (Å²) in [5.74, 6) is 0. The van der Waals surface area contributed by atoms with E-state index in [2.05, 4.69) is 17.1 Å². The fourth-order valence-electron chi connectivity index (χ4n) is 3.35. The molecule has 2 N–H and O–H groups in total. The van der Waals surface area contributed by atoms with Gasteiger partial charge in [-0.2, -0.15) is 0 Å². The Morgan fingerprint density at radius 1 is 0.708 bits per heavy atom. The van der Waals surface area contributed by atoms with Crippen molar-refractivity contribution in [3.63, 3.8) is 0 Å². The van der Waals surface area contributed by atoms with E-state index in [1.165, 1.54) is 0 Å². The molecular formula is C22H19NO. The fourth-order valence-corrected chi connectivity index (χ4v) is 3.35. The Kier molecular flexibility index (Phi) is 3.68. The number of rotatable bonds is 4. The largest absolute Gasteiger partial charge is 0.380 e. The number of benzene rings is 3. The Hall–Kier alpha value is -2.84. The van der Waals surface area contributed by atoms with Crippen LogP contribution in [0.15, 0.2) is 91.1 Å². The molecule has 4 aromatic rings. The maximum atomic E-state index is 11.7. The van der Waals surface area contributed by atoms with Gasteiger partial charge in [-0.15, -0.1) is 0 Å². The molecule has 118 valence electrons. The smallest absolute Gasteiger partial charge is 0.119 e.